The van der Waals surface area contributed by atoms with Crippen LogP contribution in [0.25, 0.3) is 16.3 Å². The van der Waals surface area contributed by atoms with Crippen LogP contribution in [0.15, 0.2) is 59.8 Å². The molecule has 1 nitrogen and oxygen atoms in total. The summed E-state index contributed by atoms with van der Waals surface area (Å²) in [6.07, 6.45) is 12.4. The van der Waals surface area contributed by atoms with Crippen molar-refractivity contribution in [3.8, 4) is 0 Å². The summed E-state index contributed by atoms with van der Waals surface area (Å²) >= 11 is 0. The van der Waals surface area contributed by atoms with Crippen LogP contribution in [-0.2, 0) is 5.41 Å². The number of hydrogen-bond acceptors (Lipinski definition) is 1. The normalized spacial score (nSPS) is 18.8. The monoisotopic (exact) mass is 417 g/mol. The van der Waals surface area contributed by atoms with Crippen molar-refractivity contribution in [3.05, 3.63) is 71.1 Å². The summed E-state index contributed by atoms with van der Waals surface area (Å²) in [6, 6.07) is 8.85. The molecule has 1 heteroatoms. The number of rotatable bonds is 3. The second-order valence-corrected chi connectivity index (χ2v) is 9.40. The summed E-state index contributed by atoms with van der Waals surface area (Å²) < 4.78 is 0. The van der Waals surface area contributed by atoms with E-state index < -0.39 is 0 Å². The molecule has 2 aliphatic carbocycles. The van der Waals surface area contributed by atoms with Crippen LogP contribution in [0.3, 0.4) is 0 Å². The van der Waals surface area contributed by atoms with Gasteiger partial charge in [0.05, 0.1) is 5.69 Å². The van der Waals surface area contributed by atoms with E-state index in [1.54, 1.807) is 0 Å². The van der Waals surface area contributed by atoms with Crippen LogP contribution < -0.4 is 0 Å². The molecule has 2 aromatic rings. The van der Waals surface area contributed by atoms with Crippen LogP contribution in [0.2, 0.25) is 0 Å². The Morgan fingerprint density at radius 2 is 1.84 bits per heavy atom. The molecule has 0 aliphatic heterocycles. The maximum atomic E-state index is 4.87. The Morgan fingerprint density at radius 3 is 2.45 bits per heavy atom. The molecule has 0 saturated heterocycles. The second kappa shape index (κ2) is 10.9. The molecule has 168 valence electrons. The summed E-state index contributed by atoms with van der Waals surface area (Å²) in [4.78, 5) is 4.87. The molecule has 0 spiro atoms. The van der Waals surface area contributed by atoms with E-state index in [-0.39, 0.29) is 5.41 Å². The predicted octanol–water partition coefficient (Wildman–Crippen LogP) is 9.29. The average molecular weight is 418 g/mol. The SMILES string of the molecule is CC.CC=CCC1CC=C(C)C2=C1c1nccc3cccc(c13)C2(C)C.CCC(C)C. The van der Waals surface area contributed by atoms with Gasteiger partial charge >= 0.3 is 0 Å². The van der Waals surface area contributed by atoms with Crippen LogP contribution in [0.5, 0.6) is 0 Å². The van der Waals surface area contributed by atoms with E-state index in [0.29, 0.717) is 5.92 Å². The Hall–Kier alpha value is -2.15. The van der Waals surface area contributed by atoms with E-state index in [1.807, 2.05) is 20.0 Å². The highest BCUT2D eigenvalue weighted by molar-refractivity contribution is 6.00. The zero-order chi connectivity index (χ0) is 23.2. The molecule has 0 radical (unpaired) electrons. The minimum atomic E-state index is 0.0278. The topological polar surface area (TPSA) is 12.9 Å². The van der Waals surface area contributed by atoms with Gasteiger partial charge in [-0.2, -0.15) is 0 Å². The number of aromatic nitrogens is 1. The van der Waals surface area contributed by atoms with Gasteiger partial charge in [-0.05, 0) is 66.7 Å². The fourth-order valence-electron chi connectivity index (χ4n) is 4.70. The second-order valence-electron chi connectivity index (χ2n) is 9.40. The lowest BCUT2D eigenvalue weighted by atomic mass is 9.63. The highest BCUT2D eigenvalue weighted by atomic mass is 14.7. The van der Waals surface area contributed by atoms with Gasteiger partial charge in [0.2, 0.25) is 0 Å². The number of nitrogens with zero attached hydrogens (tertiary/aromatic N) is 1. The van der Waals surface area contributed by atoms with Crippen LogP contribution in [0, 0.1) is 11.8 Å². The zero-order valence-electron chi connectivity index (χ0n) is 21.3. The summed E-state index contributed by atoms with van der Waals surface area (Å²) in [5.74, 6) is 1.42. The standard InChI is InChI=1S/C23H25N.C5H12.C2H6/c1-5-6-8-16-12-11-15(2)21-20(16)22-19-17(13-14-24-22)9-7-10-18(19)23(21,3)4;1-4-5(2)3;1-2/h5-7,9-11,13-14,16H,8,12H2,1-4H3;5H,4H2,1-3H3;1-2H3. The van der Waals surface area contributed by atoms with E-state index in [4.69, 9.17) is 4.98 Å². The molecule has 0 bridgehead atoms. The van der Waals surface area contributed by atoms with E-state index >= 15 is 0 Å². The largest absolute Gasteiger partial charge is 0.256 e. The van der Waals surface area contributed by atoms with Gasteiger partial charge in [0.25, 0.3) is 0 Å². The quantitative estimate of drug-likeness (QED) is 0.453. The lowest BCUT2D eigenvalue weighted by Crippen LogP contribution is -2.30. The fourth-order valence-corrected chi connectivity index (χ4v) is 4.70. The number of allylic oxidation sites excluding steroid dienone is 6. The molecule has 1 aromatic carbocycles. The maximum absolute atomic E-state index is 4.87. The Labute approximate surface area is 191 Å². The number of benzene rings is 1. The maximum Gasteiger partial charge on any atom is 0.0749 e. The van der Waals surface area contributed by atoms with Crippen molar-refractivity contribution in [2.24, 2.45) is 11.8 Å². The fraction of sp³-hybridized carbons (Fsp3) is 0.500. The molecule has 1 unspecified atom stereocenters. The number of hydrogen-bond donors (Lipinski definition) is 0. The lowest BCUT2D eigenvalue weighted by Gasteiger charge is -2.41. The van der Waals surface area contributed by atoms with Gasteiger partial charge in [0.1, 0.15) is 0 Å². The molecule has 1 heterocycles. The zero-order valence-corrected chi connectivity index (χ0v) is 21.3. The first kappa shape index (κ1) is 25.1. The van der Waals surface area contributed by atoms with Crippen molar-refractivity contribution in [1.29, 1.82) is 0 Å². The van der Waals surface area contributed by atoms with E-state index in [9.17, 15) is 0 Å². The first-order valence-electron chi connectivity index (χ1n) is 12.2. The van der Waals surface area contributed by atoms with Crippen LogP contribution in [-0.4, -0.2) is 4.98 Å². The summed E-state index contributed by atoms with van der Waals surface area (Å²) in [7, 11) is 0. The van der Waals surface area contributed by atoms with Crippen molar-refractivity contribution in [3.63, 3.8) is 0 Å². The Balaban J connectivity index is 0.000000432. The molecule has 1 aromatic heterocycles. The Kier molecular flexibility index (Phi) is 8.86. The number of pyridine rings is 1. The molecular formula is C30H43N. The van der Waals surface area contributed by atoms with Gasteiger partial charge in [0, 0.05) is 17.0 Å². The van der Waals surface area contributed by atoms with Gasteiger partial charge < -0.3 is 0 Å². The summed E-state index contributed by atoms with van der Waals surface area (Å²) in [5, 5.41) is 2.68. The Morgan fingerprint density at radius 1 is 1.16 bits per heavy atom. The van der Waals surface area contributed by atoms with E-state index in [0.717, 1.165) is 18.8 Å². The summed E-state index contributed by atoms with van der Waals surface area (Å²) in [5.41, 5.74) is 7.09. The van der Waals surface area contributed by atoms with Crippen molar-refractivity contribution in [2.45, 2.75) is 87.0 Å². The molecular weight excluding hydrogens is 374 g/mol. The van der Waals surface area contributed by atoms with Gasteiger partial charge in [-0.25, -0.2) is 0 Å². The predicted molar refractivity (Wildman–Crippen MR) is 139 cm³/mol. The third kappa shape index (κ3) is 5.03. The van der Waals surface area contributed by atoms with Crippen LogP contribution in [0.1, 0.15) is 92.8 Å². The average Bonchev–Trinajstić information content (AvgIpc) is 2.78. The van der Waals surface area contributed by atoms with Crippen LogP contribution >= 0.6 is 0 Å². The summed E-state index contributed by atoms with van der Waals surface area (Å²) in [6.45, 7) is 19.8. The molecule has 1 atom stereocenters. The van der Waals surface area contributed by atoms with E-state index in [1.165, 1.54) is 45.2 Å². The third-order valence-corrected chi connectivity index (χ3v) is 6.60. The van der Waals surface area contributed by atoms with E-state index in [2.05, 4.69) is 91.0 Å². The molecule has 0 N–H and O–H groups in total. The molecule has 4 rings (SSSR count). The molecule has 0 fully saturated rings. The highest BCUT2D eigenvalue weighted by Gasteiger charge is 2.40. The first-order valence-corrected chi connectivity index (χ1v) is 12.2. The molecule has 0 amide bonds. The van der Waals surface area contributed by atoms with Gasteiger partial charge in [-0.3, -0.25) is 4.98 Å². The first-order chi connectivity index (χ1) is 14.8. The smallest absolute Gasteiger partial charge is 0.0749 e. The minimum Gasteiger partial charge on any atom is -0.256 e. The van der Waals surface area contributed by atoms with Crippen LogP contribution in [0.4, 0.5) is 0 Å². The molecule has 31 heavy (non-hydrogen) atoms. The molecule has 0 saturated carbocycles. The van der Waals surface area contributed by atoms with Crippen molar-refractivity contribution >= 4 is 16.3 Å². The lowest BCUT2D eigenvalue weighted by molar-refractivity contribution is 0.592. The number of fused-ring (bicyclic) bond motifs is 1. The van der Waals surface area contributed by atoms with Crippen molar-refractivity contribution in [2.75, 3.05) is 0 Å². The van der Waals surface area contributed by atoms with Gasteiger partial charge in [-0.1, -0.05) is 96.9 Å². The van der Waals surface area contributed by atoms with Crippen molar-refractivity contribution in [1.82, 2.24) is 4.98 Å². The highest BCUT2D eigenvalue weighted by Crippen LogP contribution is 2.53. The van der Waals surface area contributed by atoms with Gasteiger partial charge in [0.15, 0.2) is 0 Å². The third-order valence-electron chi connectivity index (χ3n) is 6.60. The molecule has 2 aliphatic rings. The van der Waals surface area contributed by atoms with Crippen molar-refractivity contribution < 1.29 is 0 Å². The Bertz CT molecular complexity index is 962. The minimum absolute atomic E-state index is 0.0278. The van der Waals surface area contributed by atoms with Gasteiger partial charge in [-0.15, -0.1) is 0 Å².